The van der Waals surface area contributed by atoms with Crippen molar-refractivity contribution in [3.05, 3.63) is 64.9 Å². The summed E-state index contributed by atoms with van der Waals surface area (Å²) in [5.74, 6) is -0.395. The average molecular weight is 406 g/mol. The molecular formula is C18H17ClFN5OS. The third-order valence-corrected chi connectivity index (χ3v) is 5.04. The molecule has 1 N–H and O–H groups in total. The van der Waals surface area contributed by atoms with Gasteiger partial charge in [0.2, 0.25) is 11.1 Å². The summed E-state index contributed by atoms with van der Waals surface area (Å²) in [6.07, 6.45) is 0.629. The van der Waals surface area contributed by atoms with E-state index >= 15 is 0 Å². The van der Waals surface area contributed by atoms with E-state index in [0.717, 1.165) is 11.3 Å². The van der Waals surface area contributed by atoms with E-state index in [1.807, 2.05) is 6.07 Å². The highest BCUT2D eigenvalue weighted by atomic mass is 35.5. The van der Waals surface area contributed by atoms with E-state index in [0.29, 0.717) is 23.1 Å². The molecule has 27 heavy (non-hydrogen) atoms. The normalized spacial score (nSPS) is 12.0. The lowest BCUT2D eigenvalue weighted by atomic mass is 10.1. The lowest BCUT2D eigenvalue weighted by Gasteiger charge is -2.12. The zero-order valence-corrected chi connectivity index (χ0v) is 16.0. The topological polar surface area (TPSA) is 72.7 Å². The summed E-state index contributed by atoms with van der Waals surface area (Å²) >= 11 is 7.27. The summed E-state index contributed by atoms with van der Waals surface area (Å²) in [4.78, 5) is 12.3. The Morgan fingerprint density at radius 2 is 2.07 bits per heavy atom. The highest BCUT2D eigenvalue weighted by molar-refractivity contribution is 8.00. The van der Waals surface area contributed by atoms with E-state index in [1.165, 1.54) is 23.9 Å². The first kappa shape index (κ1) is 19.3. The third-order valence-electron chi connectivity index (χ3n) is 3.77. The van der Waals surface area contributed by atoms with Gasteiger partial charge in [-0.1, -0.05) is 41.6 Å². The summed E-state index contributed by atoms with van der Waals surface area (Å²) < 4.78 is 14.4. The fourth-order valence-electron chi connectivity index (χ4n) is 2.36. The number of tetrazole rings is 1. The number of nitrogens with one attached hydrogen (secondary N) is 1. The van der Waals surface area contributed by atoms with Gasteiger partial charge in [-0.15, -0.1) is 5.10 Å². The minimum atomic E-state index is -0.387. The van der Waals surface area contributed by atoms with Gasteiger partial charge in [-0.2, -0.15) is 4.68 Å². The number of aromatic nitrogens is 4. The van der Waals surface area contributed by atoms with Gasteiger partial charge in [-0.25, -0.2) is 4.39 Å². The van der Waals surface area contributed by atoms with Crippen LogP contribution in [0, 0.1) is 5.82 Å². The standard InChI is InChI=1S/C18H17ClFN5OS/c1-12(17(26)21-10-9-13-5-7-15(20)8-6-13)27-18-22-23-24-25(18)16-4-2-3-14(19)11-16/h2-8,11-12H,9-10H2,1H3,(H,21,26)/t12-/m1/s1. The Kier molecular flexibility index (Phi) is 6.41. The Morgan fingerprint density at radius 1 is 1.30 bits per heavy atom. The summed E-state index contributed by atoms with van der Waals surface area (Å²) in [5.41, 5.74) is 1.68. The van der Waals surface area contributed by atoms with Crippen molar-refractivity contribution in [1.82, 2.24) is 25.5 Å². The first-order valence-electron chi connectivity index (χ1n) is 8.26. The van der Waals surface area contributed by atoms with Crippen molar-refractivity contribution in [3.8, 4) is 5.69 Å². The first-order valence-corrected chi connectivity index (χ1v) is 9.52. The fraction of sp³-hybridized carbons (Fsp3) is 0.222. The molecule has 0 bridgehead atoms. The minimum Gasteiger partial charge on any atom is -0.355 e. The number of nitrogens with zero attached hydrogens (tertiary/aromatic N) is 4. The molecule has 1 amide bonds. The van der Waals surface area contributed by atoms with Crippen LogP contribution in [0.4, 0.5) is 4.39 Å². The smallest absolute Gasteiger partial charge is 0.233 e. The number of carbonyl (C=O) groups is 1. The van der Waals surface area contributed by atoms with E-state index in [2.05, 4.69) is 20.8 Å². The molecule has 0 aliphatic heterocycles. The maximum atomic E-state index is 12.9. The Bertz CT molecular complexity index is 918. The first-order chi connectivity index (χ1) is 13.0. The van der Waals surface area contributed by atoms with E-state index in [4.69, 9.17) is 11.6 Å². The van der Waals surface area contributed by atoms with E-state index in [1.54, 1.807) is 41.9 Å². The largest absolute Gasteiger partial charge is 0.355 e. The minimum absolute atomic E-state index is 0.122. The molecule has 3 aromatic rings. The van der Waals surface area contributed by atoms with Crippen molar-refractivity contribution in [1.29, 1.82) is 0 Å². The van der Waals surface area contributed by atoms with Gasteiger partial charge in [0.05, 0.1) is 10.9 Å². The van der Waals surface area contributed by atoms with Gasteiger partial charge in [0.15, 0.2) is 0 Å². The molecule has 1 atom stereocenters. The van der Waals surface area contributed by atoms with Crippen LogP contribution >= 0.6 is 23.4 Å². The second kappa shape index (κ2) is 8.96. The number of benzene rings is 2. The average Bonchev–Trinajstić information content (AvgIpc) is 3.11. The molecule has 1 heterocycles. The quantitative estimate of drug-likeness (QED) is 0.610. The zero-order valence-electron chi connectivity index (χ0n) is 14.5. The van der Waals surface area contributed by atoms with Crippen LogP contribution in [0.15, 0.2) is 53.7 Å². The summed E-state index contributed by atoms with van der Waals surface area (Å²) in [6, 6.07) is 13.4. The van der Waals surface area contributed by atoms with Crippen molar-refractivity contribution in [2.45, 2.75) is 23.8 Å². The Balaban J connectivity index is 1.56. The van der Waals surface area contributed by atoms with Crippen LogP contribution < -0.4 is 5.32 Å². The number of halogens is 2. The highest BCUT2D eigenvalue weighted by Crippen LogP contribution is 2.24. The molecule has 0 saturated heterocycles. The molecule has 9 heteroatoms. The number of carbonyl (C=O) groups excluding carboxylic acids is 1. The molecule has 140 valence electrons. The van der Waals surface area contributed by atoms with Gasteiger partial charge in [-0.05, 0) is 59.7 Å². The van der Waals surface area contributed by atoms with Gasteiger partial charge in [0.25, 0.3) is 0 Å². The molecular weight excluding hydrogens is 389 g/mol. The predicted molar refractivity (Wildman–Crippen MR) is 103 cm³/mol. The molecule has 0 spiro atoms. The second-order valence-corrected chi connectivity index (χ2v) is 7.53. The molecule has 6 nitrogen and oxygen atoms in total. The van der Waals surface area contributed by atoms with Crippen molar-refractivity contribution < 1.29 is 9.18 Å². The number of rotatable bonds is 7. The maximum Gasteiger partial charge on any atom is 0.233 e. The Hall–Kier alpha value is -2.45. The molecule has 0 aliphatic rings. The zero-order chi connectivity index (χ0) is 19.2. The van der Waals surface area contributed by atoms with Crippen LogP contribution in [-0.2, 0) is 11.2 Å². The summed E-state index contributed by atoms with van der Waals surface area (Å²) in [7, 11) is 0. The third kappa shape index (κ3) is 5.27. The van der Waals surface area contributed by atoms with Crippen molar-refractivity contribution >= 4 is 29.3 Å². The van der Waals surface area contributed by atoms with Crippen molar-refractivity contribution in [2.24, 2.45) is 0 Å². The van der Waals surface area contributed by atoms with E-state index < -0.39 is 0 Å². The van der Waals surface area contributed by atoms with Gasteiger partial charge in [-0.3, -0.25) is 4.79 Å². The molecule has 0 unspecified atom stereocenters. The molecule has 0 radical (unpaired) electrons. The van der Waals surface area contributed by atoms with Crippen LogP contribution in [0.1, 0.15) is 12.5 Å². The molecule has 1 aromatic heterocycles. The molecule has 0 aliphatic carbocycles. The van der Waals surface area contributed by atoms with E-state index in [9.17, 15) is 9.18 Å². The maximum absolute atomic E-state index is 12.9. The van der Waals surface area contributed by atoms with Crippen molar-refractivity contribution in [2.75, 3.05) is 6.54 Å². The van der Waals surface area contributed by atoms with Crippen LogP contribution in [-0.4, -0.2) is 37.9 Å². The number of thioether (sulfide) groups is 1. The number of hydrogen-bond donors (Lipinski definition) is 1. The molecule has 0 fully saturated rings. The van der Waals surface area contributed by atoms with Gasteiger partial charge in [0.1, 0.15) is 5.82 Å². The second-order valence-electron chi connectivity index (χ2n) is 5.78. The summed E-state index contributed by atoms with van der Waals surface area (Å²) in [6.45, 7) is 2.25. The lowest BCUT2D eigenvalue weighted by molar-refractivity contribution is -0.120. The number of amides is 1. The van der Waals surface area contributed by atoms with Crippen LogP contribution in [0.25, 0.3) is 5.69 Å². The monoisotopic (exact) mass is 405 g/mol. The van der Waals surface area contributed by atoms with Crippen LogP contribution in [0.3, 0.4) is 0 Å². The molecule has 2 aromatic carbocycles. The number of hydrogen-bond acceptors (Lipinski definition) is 5. The van der Waals surface area contributed by atoms with Gasteiger partial charge in [0, 0.05) is 11.6 Å². The molecule has 0 saturated carbocycles. The van der Waals surface area contributed by atoms with Gasteiger partial charge < -0.3 is 5.32 Å². The summed E-state index contributed by atoms with van der Waals surface area (Å²) in [5, 5.41) is 15.2. The lowest BCUT2D eigenvalue weighted by Crippen LogP contribution is -2.32. The molecule has 3 rings (SSSR count). The van der Waals surface area contributed by atoms with Crippen LogP contribution in [0.2, 0.25) is 5.02 Å². The van der Waals surface area contributed by atoms with E-state index in [-0.39, 0.29) is 17.0 Å². The highest BCUT2D eigenvalue weighted by Gasteiger charge is 2.19. The van der Waals surface area contributed by atoms with Crippen molar-refractivity contribution in [3.63, 3.8) is 0 Å². The van der Waals surface area contributed by atoms with Gasteiger partial charge >= 0.3 is 0 Å². The SMILES string of the molecule is C[C@@H](Sc1nnnn1-c1cccc(Cl)c1)C(=O)NCCc1ccc(F)cc1. The predicted octanol–water partition coefficient (Wildman–Crippen LogP) is 3.29. The Labute approximate surface area is 165 Å². The van der Waals surface area contributed by atoms with Crippen LogP contribution in [0.5, 0.6) is 0 Å². The fourth-order valence-corrected chi connectivity index (χ4v) is 3.38. The Morgan fingerprint density at radius 3 is 2.81 bits per heavy atom.